The second-order valence-corrected chi connectivity index (χ2v) is 6.01. The van der Waals surface area contributed by atoms with Crippen molar-refractivity contribution >= 4 is 17.0 Å². The molecule has 1 fully saturated rings. The van der Waals surface area contributed by atoms with Gasteiger partial charge in [0.15, 0.2) is 23.2 Å². The van der Waals surface area contributed by atoms with E-state index in [1.54, 1.807) is 0 Å². The van der Waals surface area contributed by atoms with Crippen LogP contribution < -0.4 is 5.32 Å². The zero-order valence-electron chi connectivity index (χ0n) is 13.6. The SMILES string of the molecule is CN(C)CCNc1ncnc2c1ncn2[C@@H]1O[C@H](CO)[C@@H](O)[C@H]1O. The number of anilines is 1. The summed E-state index contributed by atoms with van der Waals surface area (Å²) < 4.78 is 7.06. The van der Waals surface area contributed by atoms with Gasteiger partial charge in [-0.3, -0.25) is 4.57 Å². The number of imidazole rings is 1. The van der Waals surface area contributed by atoms with Crippen molar-refractivity contribution in [2.45, 2.75) is 24.5 Å². The largest absolute Gasteiger partial charge is 0.394 e. The van der Waals surface area contributed by atoms with E-state index in [0.717, 1.165) is 6.54 Å². The molecule has 0 spiro atoms. The molecule has 10 heteroatoms. The standard InChI is InChI=1S/C14H22N6O4/c1-19(2)4-3-15-12-9-13(17-6-16-12)20(7-18-9)14-11(23)10(22)8(5-21)24-14/h6-8,10-11,14,21-23H,3-5H2,1-2H3,(H,15,16,17)/t8-,10-,11-,14-/m1/s1. The van der Waals surface area contributed by atoms with E-state index in [0.29, 0.717) is 23.5 Å². The van der Waals surface area contributed by atoms with Gasteiger partial charge in [-0.05, 0) is 14.1 Å². The summed E-state index contributed by atoms with van der Waals surface area (Å²) in [5, 5.41) is 32.5. The van der Waals surface area contributed by atoms with Crippen molar-refractivity contribution in [3.8, 4) is 0 Å². The van der Waals surface area contributed by atoms with Gasteiger partial charge in [0.1, 0.15) is 24.6 Å². The van der Waals surface area contributed by atoms with E-state index in [9.17, 15) is 15.3 Å². The number of likely N-dealkylation sites (N-methyl/N-ethyl adjacent to an activating group) is 1. The lowest BCUT2D eigenvalue weighted by atomic mass is 10.1. The first-order chi connectivity index (χ1) is 11.5. The minimum Gasteiger partial charge on any atom is -0.394 e. The van der Waals surface area contributed by atoms with E-state index in [1.165, 1.54) is 17.2 Å². The van der Waals surface area contributed by atoms with E-state index < -0.39 is 24.5 Å². The van der Waals surface area contributed by atoms with E-state index in [-0.39, 0.29) is 6.61 Å². The molecule has 0 unspecified atom stereocenters. The maximum atomic E-state index is 10.2. The number of hydrogen-bond donors (Lipinski definition) is 4. The Morgan fingerprint density at radius 2 is 2.04 bits per heavy atom. The van der Waals surface area contributed by atoms with Gasteiger partial charge in [0.2, 0.25) is 0 Å². The van der Waals surface area contributed by atoms with Crippen LogP contribution in [0.3, 0.4) is 0 Å². The van der Waals surface area contributed by atoms with E-state index in [1.807, 2.05) is 19.0 Å². The average molecular weight is 338 g/mol. The van der Waals surface area contributed by atoms with Crippen molar-refractivity contribution < 1.29 is 20.1 Å². The van der Waals surface area contributed by atoms with Crippen LogP contribution in [-0.2, 0) is 4.74 Å². The second kappa shape index (κ2) is 6.95. The van der Waals surface area contributed by atoms with Gasteiger partial charge in [0, 0.05) is 13.1 Å². The molecule has 2 aromatic rings. The third-order valence-electron chi connectivity index (χ3n) is 4.00. The highest BCUT2D eigenvalue weighted by molar-refractivity contribution is 5.82. The van der Waals surface area contributed by atoms with Gasteiger partial charge in [-0.2, -0.15) is 0 Å². The minimum atomic E-state index is -1.18. The number of rotatable bonds is 6. The minimum absolute atomic E-state index is 0.381. The quantitative estimate of drug-likeness (QED) is 0.493. The van der Waals surface area contributed by atoms with Crippen LogP contribution >= 0.6 is 0 Å². The molecule has 3 heterocycles. The molecule has 0 radical (unpaired) electrons. The molecule has 0 bridgehead atoms. The van der Waals surface area contributed by atoms with Gasteiger partial charge in [-0.25, -0.2) is 15.0 Å². The van der Waals surface area contributed by atoms with Crippen LogP contribution in [0.1, 0.15) is 6.23 Å². The monoisotopic (exact) mass is 338 g/mol. The average Bonchev–Trinajstić information content (AvgIpc) is 3.10. The lowest BCUT2D eigenvalue weighted by molar-refractivity contribution is -0.0511. The fourth-order valence-corrected chi connectivity index (χ4v) is 2.68. The van der Waals surface area contributed by atoms with Gasteiger partial charge < -0.3 is 30.3 Å². The first-order valence-corrected chi connectivity index (χ1v) is 7.71. The fourth-order valence-electron chi connectivity index (χ4n) is 2.68. The molecule has 4 atom stereocenters. The molecule has 24 heavy (non-hydrogen) atoms. The summed E-state index contributed by atoms with van der Waals surface area (Å²) in [7, 11) is 3.96. The summed E-state index contributed by atoms with van der Waals surface area (Å²) in [6.45, 7) is 1.15. The van der Waals surface area contributed by atoms with Gasteiger partial charge in [-0.1, -0.05) is 0 Å². The smallest absolute Gasteiger partial charge is 0.167 e. The molecule has 1 aliphatic heterocycles. The predicted octanol–water partition coefficient (Wildman–Crippen LogP) is -1.59. The molecular formula is C14H22N6O4. The predicted molar refractivity (Wildman–Crippen MR) is 85.4 cm³/mol. The van der Waals surface area contributed by atoms with E-state index in [4.69, 9.17) is 4.74 Å². The highest BCUT2D eigenvalue weighted by atomic mass is 16.6. The summed E-state index contributed by atoms with van der Waals surface area (Å²) in [5.41, 5.74) is 1.03. The molecule has 0 amide bonds. The molecule has 1 aliphatic rings. The Balaban J connectivity index is 1.86. The molecule has 132 valence electrons. The van der Waals surface area contributed by atoms with Crippen molar-refractivity contribution in [3.63, 3.8) is 0 Å². The van der Waals surface area contributed by atoms with Gasteiger partial charge in [-0.15, -0.1) is 0 Å². The Hall–Kier alpha value is -1.85. The molecule has 0 aromatic carbocycles. The fraction of sp³-hybridized carbons (Fsp3) is 0.643. The van der Waals surface area contributed by atoms with Crippen LogP contribution in [0, 0.1) is 0 Å². The van der Waals surface area contributed by atoms with Gasteiger partial charge in [0.05, 0.1) is 12.9 Å². The number of aromatic nitrogens is 4. The Kier molecular flexibility index (Phi) is 4.92. The molecule has 10 nitrogen and oxygen atoms in total. The molecule has 4 N–H and O–H groups in total. The number of nitrogens with zero attached hydrogens (tertiary/aromatic N) is 5. The first kappa shape index (κ1) is 17.0. The highest BCUT2D eigenvalue weighted by Gasteiger charge is 2.44. The number of aliphatic hydroxyl groups excluding tert-OH is 3. The Labute approximate surface area is 138 Å². The lowest BCUT2D eigenvalue weighted by Crippen LogP contribution is -2.33. The van der Waals surface area contributed by atoms with Crippen molar-refractivity contribution in [1.29, 1.82) is 0 Å². The summed E-state index contributed by atoms with van der Waals surface area (Å²) in [4.78, 5) is 14.7. The zero-order chi connectivity index (χ0) is 17.3. The topological polar surface area (TPSA) is 129 Å². The van der Waals surface area contributed by atoms with Crippen LogP contribution in [0.25, 0.3) is 11.2 Å². The first-order valence-electron chi connectivity index (χ1n) is 7.71. The van der Waals surface area contributed by atoms with Crippen LogP contribution in [0.15, 0.2) is 12.7 Å². The number of aliphatic hydroxyl groups is 3. The summed E-state index contributed by atoms with van der Waals surface area (Å²) in [6, 6.07) is 0. The zero-order valence-corrected chi connectivity index (χ0v) is 13.6. The molecule has 0 aliphatic carbocycles. The number of fused-ring (bicyclic) bond motifs is 1. The van der Waals surface area contributed by atoms with Crippen molar-refractivity contribution in [3.05, 3.63) is 12.7 Å². The lowest BCUT2D eigenvalue weighted by Gasteiger charge is -2.16. The Morgan fingerprint density at radius 3 is 2.71 bits per heavy atom. The normalized spacial score (nSPS) is 27.2. The summed E-state index contributed by atoms with van der Waals surface area (Å²) in [5.74, 6) is 0.590. The van der Waals surface area contributed by atoms with Crippen molar-refractivity contribution in [2.75, 3.05) is 39.1 Å². The third kappa shape index (κ3) is 3.06. The number of nitrogens with one attached hydrogen (secondary N) is 1. The Morgan fingerprint density at radius 1 is 1.25 bits per heavy atom. The molecule has 2 aromatic heterocycles. The summed E-state index contributed by atoms with van der Waals surface area (Å²) >= 11 is 0. The second-order valence-electron chi connectivity index (χ2n) is 6.01. The molecule has 3 rings (SSSR count). The van der Waals surface area contributed by atoms with Gasteiger partial charge in [0.25, 0.3) is 0 Å². The van der Waals surface area contributed by atoms with Crippen LogP contribution in [0.4, 0.5) is 5.82 Å². The highest BCUT2D eigenvalue weighted by Crippen LogP contribution is 2.31. The van der Waals surface area contributed by atoms with Crippen LogP contribution in [0.5, 0.6) is 0 Å². The van der Waals surface area contributed by atoms with Gasteiger partial charge >= 0.3 is 0 Å². The maximum Gasteiger partial charge on any atom is 0.167 e. The van der Waals surface area contributed by atoms with E-state index >= 15 is 0 Å². The maximum absolute atomic E-state index is 10.2. The molecule has 0 saturated carbocycles. The number of ether oxygens (including phenoxy) is 1. The number of hydrogen-bond acceptors (Lipinski definition) is 9. The third-order valence-corrected chi connectivity index (χ3v) is 4.00. The van der Waals surface area contributed by atoms with Crippen molar-refractivity contribution in [1.82, 2.24) is 24.4 Å². The summed E-state index contributed by atoms with van der Waals surface area (Å²) in [6.07, 6.45) is -1.18. The van der Waals surface area contributed by atoms with E-state index in [2.05, 4.69) is 20.3 Å². The molecular weight excluding hydrogens is 316 g/mol. The van der Waals surface area contributed by atoms with Crippen LogP contribution in [0.2, 0.25) is 0 Å². The molecule has 1 saturated heterocycles. The van der Waals surface area contributed by atoms with Crippen molar-refractivity contribution in [2.24, 2.45) is 0 Å². The van der Waals surface area contributed by atoms with Crippen LogP contribution in [-0.4, -0.2) is 91.8 Å². The Bertz CT molecular complexity index is 693.